The fourth-order valence-corrected chi connectivity index (χ4v) is 2.90. The first kappa shape index (κ1) is 31.1. The van der Waals surface area contributed by atoms with Gasteiger partial charge in [-0.2, -0.15) is 0 Å². The number of anilines is 1. The highest BCUT2D eigenvalue weighted by Gasteiger charge is 2.23. The summed E-state index contributed by atoms with van der Waals surface area (Å²) < 4.78 is 12.8. The second kappa shape index (κ2) is 21.2. The van der Waals surface area contributed by atoms with Crippen molar-refractivity contribution >= 4 is 5.69 Å². The van der Waals surface area contributed by atoms with Gasteiger partial charge in [0.05, 0.1) is 0 Å². The molecule has 2 heteroatoms. The summed E-state index contributed by atoms with van der Waals surface area (Å²) >= 11 is 0. The number of nitrogens with one attached hydrogen (secondary N) is 1. The highest BCUT2D eigenvalue weighted by atomic mass is 19.1. The predicted octanol–water partition coefficient (Wildman–Crippen LogP) is 10.0. The standard InChI is InChI=1S/C13H20FN.C7H14.2C4H10/c1-10(2)5-4-8-15-13-7-6-12(14)9-11(13)3;1-3-7-5-4-6(7)2;2*1-3-4-2/h6-7,9-10,15H,4-5,8H2,1-3H3;6-7H,3-5H2,1-2H3;2*3-4H2,1-2H3. The third kappa shape index (κ3) is 17.8. The van der Waals surface area contributed by atoms with E-state index in [0.717, 1.165) is 42.0 Å². The van der Waals surface area contributed by atoms with Crippen molar-refractivity contribution in [1.29, 1.82) is 0 Å². The number of aryl methyl sites for hydroxylation is 1. The van der Waals surface area contributed by atoms with Gasteiger partial charge in [-0.25, -0.2) is 4.39 Å². The number of halogens is 1. The fourth-order valence-electron chi connectivity index (χ4n) is 2.90. The number of benzene rings is 1. The Balaban J connectivity index is 0. The van der Waals surface area contributed by atoms with Gasteiger partial charge in [-0.15, -0.1) is 0 Å². The summed E-state index contributed by atoms with van der Waals surface area (Å²) in [6, 6.07) is 4.86. The van der Waals surface area contributed by atoms with Crippen molar-refractivity contribution in [3.8, 4) is 0 Å². The van der Waals surface area contributed by atoms with Crippen LogP contribution in [0.25, 0.3) is 0 Å². The molecule has 0 saturated heterocycles. The highest BCUT2D eigenvalue weighted by molar-refractivity contribution is 5.50. The molecule has 0 bridgehead atoms. The average Bonchev–Trinajstić information content (AvgIpc) is 2.72. The molecule has 1 aromatic carbocycles. The maximum absolute atomic E-state index is 12.8. The quantitative estimate of drug-likeness (QED) is 0.410. The lowest BCUT2D eigenvalue weighted by atomic mass is 9.74. The van der Waals surface area contributed by atoms with Gasteiger partial charge in [-0.1, -0.05) is 93.9 Å². The molecular weight excluding hydrogens is 369 g/mol. The average molecular weight is 424 g/mol. The van der Waals surface area contributed by atoms with Crippen LogP contribution in [0.3, 0.4) is 0 Å². The van der Waals surface area contributed by atoms with Crippen LogP contribution in [0, 0.1) is 30.5 Å². The molecule has 178 valence electrons. The van der Waals surface area contributed by atoms with Crippen LogP contribution in [-0.2, 0) is 0 Å². The first-order valence-electron chi connectivity index (χ1n) is 12.8. The van der Waals surface area contributed by atoms with Gasteiger partial charge in [0.2, 0.25) is 0 Å². The SMILES string of the molecule is CCC1CCC1C.CCCC.CCCC.Cc1cc(F)ccc1NCCCC(C)C. The van der Waals surface area contributed by atoms with E-state index in [4.69, 9.17) is 0 Å². The van der Waals surface area contributed by atoms with E-state index < -0.39 is 0 Å². The van der Waals surface area contributed by atoms with Gasteiger partial charge >= 0.3 is 0 Å². The Morgan fingerprint density at radius 3 is 1.83 bits per heavy atom. The van der Waals surface area contributed by atoms with Gasteiger partial charge in [0.15, 0.2) is 0 Å². The van der Waals surface area contributed by atoms with E-state index >= 15 is 0 Å². The van der Waals surface area contributed by atoms with E-state index in [1.54, 1.807) is 12.1 Å². The third-order valence-electron chi connectivity index (χ3n) is 5.78. The molecule has 0 amide bonds. The molecule has 0 aromatic heterocycles. The van der Waals surface area contributed by atoms with Gasteiger partial charge < -0.3 is 5.32 Å². The lowest BCUT2D eigenvalue weighted by molar-refractivity contribution is 0.190. The molecule has 1 saturated carbocycles. The van der Waals surface area contributed by atoms with Gasteiger partial charge in [0, 0.05) is 12.2 Å². The molecule has 0 spiro atoms. The molecule has 1 aromatic rings. The molecule has 2 atom stereocenters. The molecule has 0 radical (unpaired) electrons. The summed E-state index contributed by atoms with van der Waals surface area (Å²) in [6.07, 6.45) is 12.1. The number of rotatable bonds is 8. The van der Waals surface area contributed by atoms with E-state index in [2.05, 4.69) is 60.7 Å². The third-order valence-corrected chi connectivity index (χ3v) is 5.78. The maximum atomic E-state index is 12.8. The van der Waals surface area contributed by atoms with Crippen LogP contribution in [-0.4, -0.2) is 6.54 Å². The summed E-state index contributed by atoms with van der Waals surface area (Å²) in [6.45, 7) is 20.7. The predicted molar refractivity (Wildman–Crippen MR) is 137 cm³/mol. The molecule has 0 heterocycles. The van der Waals surface area contributed by atoms with E-state index in [1.165, 1.54) is 57.4 Å². The normalized spacial score (nSPS) is 16.8. The Bertz CT molecular complexity index is 474. The van der Waals surface area contributed by atoms with Crippen LogP contribution in [0.4, 0.5) is 10.1 Å². The first-order valence-corrected chi connectivity index (χ1v) is 12.8. The Morgan fingerprint density at radius 1 is 0.967 bits per heavy atom. The number of hydrogen-bond acceptors (Lipinski definition) is 1. The smallest absolute Gasteiger partial charge is 0.123 e. The molecule has 1 aliphatic rings. The molecule has 30 heavy (non-hydrogen) atoms. The second-order valence-corrected chi connectivity index (χ2v) is 9.15. The van der Waals surface area contributed by atoms with Crippen molar-refractivity contribution in [3.63, 3.8) is 0 Å². The molecule has 1 fully saturated rings. The van der Waals surface area contributed by atoms with Crippen LogP contribution >= 0.6 is 0 Å². The van der Waals surface area contributed by atoms with Crippen molar-refractivity contribution in [1.82, 2.24) is 0 Å². The lowest BCUT2D eigenvalue weighted by Crippen LogP contribution is -2.21. The molecule has 0 aliphatic heterocycles. The zero-order chi connectivity index (χ0) is 23.4. The van der Waals surface area contributed by atoms with E-state index in [9.17, 15) is 4.39 Å². The molecule has 1 nitrogen and oxygen atoms in total. The Morgan fingerprint density at radius 2 is 1.53 bits per heavy atom. The fraction of sp³-hybridized carbons (Fsp3) is 0.786. The van der Waals surface area contributed by atoms with Gasteiger partial charge in [0.25, 0.3) is 0 Å². The first-order chi connectivity index (χ1) is 14.3. The largest absolute Gasteiger partial charge is 0.385 e. The van der Waals surface area contributed by atoms with Crippen molar-refractivity contribution in [3.05, 3.63) is 29.6 Å². The van der Waals surface area contributed by atoms with E-state index in [-0.39, 0.29) is 5.82 Å². The van der Waals surface area contributed by atoms with E-state index in [1.807, 2.05) is 6.92 Å². The van der Waals surface area contributed by atoms with Crippen molar-refractivity contribution in [2.45, 2.75) is 120 Å². The second-order valence-electron chi connectivity index (χ2n) is 9.15. The molecular formula is C28H54FN. The van der Waals surface area contributed by atoms with Crippen LogP contribution in [0.5, 0.6) is 0 Å². The van der Waals surface area contributed by atoms with Crippen LogP contribution in [0.15, 0.2) is 18.2 Å². The van der Waals surface area contributed by atoms with Gasteiger partial charge in [-0.05, 0) is 67.7 Å². The van der Waals surface area contributed by atoms with Gasteiger partial charge in [-0.3, -0.25) is 0 Å². The van der Waals surface area contributed by atoms with Crippen LogP contribution < -0.4 is 5.32 Å². The summed E-state index contributed by atoms with van der Waals surface area (Å²) in [5.74, 6) is 2.71. The summed E-state index contributed by atoms with van der Waals surface area (Å²) in [7, 11) is 0. The van der Waals surface area contributed by atoms with Crippen molar-refractivity contribution in [2.75, 3.05) is 11.9 Å². The van der Waals surface area contributed by atoms with Crippen molar-refractivity contribution < 1.29 is 4.39 Å². The minimum absolute atomic E-state index is 0.166. The maximum Gasteiger partial charge on any atom is 0.123 e. The van der Waals surface area contributed by atoms with Crippen molar-refractivity contribution in [2.24, 2.45) is 17.8 Å². The Labute approximate surface area is 189 Å². The highest BCUT2D eigenvalue weighted by Crippen LogP contribution is 2.35. The van der Waals surface area contributed by atoms with E-state index in [0.29, 0.717) is 0 Å². The molecule has 2 rings (SSSR count). The minimum atomic E-state index is -0.166. The molecule has 1 N–H and O–H groups in total. The summed E-state index contributed by atoms with van der Waals surface area (Å²) in [5.41, 5.74) is 2.01. The van der Waals surface area contributed by atoms with Crippen LogP contribution in [0.2, 0.25) is 0 Å². The summed E-state index contributed by atoms with van der Waals surface area (Å²) in [4.78, 5) is 0. The monoisotopic (exact) mass is 423 g/mol. The summed E-state index contributed by atoms with van der Waals surface area (Å²) in [5, 5.41) is 3.33. The topological polar surface area (TPSA) is 12.0 Å². The zero-order valence-corrected chi connectivity index (χ0v) is 21.9. The Kier molecular flexibility index (Phi) is 22.0. The number of unbranched alkanes of at least 4 members (excludes halogenated alkanes) is 2. The van der Waals surface area contributed by atoms with Gasteiger partial charge in [0.1, 0.15) is 5.82 Å². The van der Waals surface area contributed by atoms with Crippen LogP contribution in [0.1, 0.15) is 119 Å². The number of hydrogen-bond donors (Lipinski definition) is 1. The lowest BCUT2D eigenvalue weighted by Gasteiger charge is -2.32. The molecule has 2 unspecified atom stereocenters. The minimum Gasteiger partial charge on any atom is -0.385 e. The zero-order valence-electron chi connectivity index (χ0n) is 21.9. The molecule has 1 aliphatic carbocycles. The Hall–Kier alpha value is -1.05.